The van der Waals surface area contributed by atoms with E-state index in [9.17, 15) is 13.2 Å². The van der Waals surface area contributed by atoms with E-state index in [1.54, 1.807) is 48.5 Å². The largest absolute Gasteiger partial charge is 0.494 e. The molecule has 0 aliphatic heterocycles. The maximum atomic E-state index is 13.4. The molecule has 1 heterocycles. The van der Waals surface area contributed by atoms with Gasteiger partial charge in [-0.05, 0) is 43.3 Å². The maximum absolute atomic E-state index is 13.4. The van der Waals surface area contributed by atoms with Crippen LogP contribution >= 0.6 is 23.1 Å². The summed E-state index contributed by atoms with van der Waals surface area (Å²) in [4.78, 5) is 12.8. The molecule has 0 aliphatic carbocycles. The molecule has 0 spiro atoms. The van der Waals surface area contributed by atoms with Gasteiger partial charge in [0.05, 0.1) is 17.2 Å². The fourth-order valence-electron chi connectivity index (χ4n) is 2.65. The Morgan fingerprint density at radius 1 is 1.19 bits per heavy atom. The second kappa shape index (κ2) is 11.1. The van der Waals surface area contributed by atoms with Crippen molar-refractivity contribution in [1.29, 1.82) is 0 Å². The SMILES string of the molecule is C=CCSc1nnc(NC(=O)CN(c2ccccc2)S(=O)(=O)c2ccc(OCC)cc2)s1. The minimum absolute atomic E-state index is 0.0524. The number of hydrogen-bond donors (Lipinski definition) is 1. The summed E-state index contributed by atoms with van der Waals surface area (Å²) in [7, 11) is -4.01. The predicted octanol–water partition coefficient (Wildman–Crippen LogP) is 4.05. The molecule has 0 aliphatic rings. The molecule has 1 amide bonds. The normalized spacial score (nSPS) is 11.0. The van der Waals surface area contributed by atoms with E-state index in [0.717, 1.165) is 4.31 Å². The molecular weight excluding hydrogens is 468 g/mol. The van der Waals surface area contributed by atoms with Crippen molar-refractivity contribution in [2.24, 2.45) is 0 Å². The molecule has 11 heteroatoms. The van der Waals surface area contributed by atoms with Gasteiger partial charge in [0.25, 0.3) is 10.0 Å². The van der Waals surface area contributed by atoms with Gasteiger partial charge in [-0.25, -0.2) is 8.42 Å². The van der Waals surface area contributed by atoms with Crippen LogP contribution in [0.25, 0.3) is 0 Å². The lowest BCUT2D eigenvalue weighted by Crippen LogP contribution is -2.38. The molecule has 0 saturated carbocycles. The van der Waals surface area contributed by atoms with Crippen molar-refractivity contribution in [3.05, 3.63) is 67.3 Å². The topological polar surface area (TPSA) is 101 Å². The van der Waals surface area contributed by atoms with Gasteiger partial charge in [0.15, 0.2) is 4.34 Å². The van der Waals surface area contributed by atoms with Crippen LogP contribution in [0, 0.1) is 0 Å². The van der Waals surface area contributed by atoms with Crippen LogP contribution < -0.4 is 14.4 Å². The molecule has 3 aromatic rings. The standard InChI is InChI=1S/C21H22N4O4S3/c1-3-14-30-21-24-23-20(31-21)22-19(26)15-25(16-8-6-5-7-9-16)32(27,28)18-12-10-17(11-13-18)29-4-2/h3,5-13H,1,4,14-15H2,2H3,(H,22,23,26). The average molecular weight is 491 g/mol. The third-order valence-electron chi connectivity index (χ3n) is 4.03. The number of nitrogens with zero attached hydrogens (tertiary/aromatic N) is 3. The zero-order chi connectivity index (χ0) is 23.0. The number of thioether (sulfide) groups is 1. The van der Waals surface area contributed by atoms with Crippen LogP contribution in [0.4, 0.5) is 10.8 Å². The molecular formula is C21H22N4O4S3. The molecule has 32 heavy (non-hydrogen) atoms. The Balaban J connectivity index is 1.82. The first-order valence-electron chi connectivity index (χ1n) is 9.61. The predicted molar refractivity (Wildman–Crippen MR) is 128 cm³/mol. The number of carbonyl (C=O) groups excluding carboxylic acids is 1. The summed E-state index contributed by atoms with van der Waals surface area (Å²) in [5.74, 6) is 0.710. The molecule has 0 bridgehead atoms. The molecule has 0 radical (unpaired) electrons. The molecule has 0 fully saturated rings. The summed E-state index contributed by atoms with van der Waals surface area (Å²) in [6.45, 7) is 5.55. The van der Waals surface area contributed by atoms with E-state index in [1.807, 2.05) is 6.92 Å². The van der Waals surface area contributed by atoms with Crippen LogP contribution in [-0.2, 0) is 14.8 Å². The molecule has 1 N–H and O–H groups in total. The minimum atomic E-state index is -4.01. The molecule has 3 rings (SSSR count). The summed E-state index contributed by atoms with van der Waals surface area (Å²) in [6, 6.07) is 14.6. The van der Waals surface area contributed by atoms with Gasteiger partial charge in [-0.1, -0.05) is 47.4 Å². The number of para-hydroxylation sites is 1. The second-order valence-electron chi connectivity index (χ2n) is 6.27. The lowest BCUT2D eigenvalue weighted by atomic mass is 10.3. The summed E-state index contributed by atoms with van der Waals surface area (Å²) in [6.07, 6.45) is 1.74. The van der Waals surface area contributed by atoms with Gasteiger partial charge in [0.1, 0.15) is 12.3 Å². The Labute approximate surface area is 195 Å². The molecule has 8 nitrogen and oxygen atoms in total. The summed E-state index contributed by atoms with van der Waals surface area (Å²) >= 11 is 2.66. The fraction of sp³-hybridized carbons (Fsp3) is 0.190. The van der Waals surface area contributed by atoms with Gasteiger partial charge in [-0.15, -0.1) is 16.8 Å². The first kappa shape index (κ1) is 23.8. The molecule has 2 aromatic carbocycles. The number of nitrogens with one attached hydrogen (secondary N) is 1. The number of benzene rings is 2. The number of carbonyl (C=O) groups is 1. The van der Waals surface area contributed by atoms with Crippen molar-refractivity contribution in [2.75, 3.05) is 28.5 Å². The van der Waals surface area contributed by atoms with Gasteiger partial charge in [0.2, 0.25) is 11.0 Å². The van der Waals surface area contributed by atoms with E-state index in [4.69, 9.17) is 4.74 Å². The molecule has 168 valence electrons. The van der Waals surface area contributed by atoms with Gasteiger partial charge < -0.3 is 4.74 Å². The average Bonchev–Trinajstić information content (AvgIpc) is 3.24. The lowest BCUT2D eigenvalue weighted by molar-refractivity contribution is -0.114. The van der Waals surface area contributed by atoms with Crippen molar-refractivity contribution in [3.63, 3.8) is 0 Å². The van der Waals surface area contributed by atoms with Gasteiger partial charge in [-0.3, -0.25) is 14.4 Å². The third-order valence-corrected chi connectivity index (χ3v) is 7.79. The van der Waals surface area contributed by atoms with Crippen LogP contribution in [0.15, 0.2) is 76.5 Å². The summed E-state index contributed by atoms with van der Waals surface area (Å²) < 4.78 is 33.9. The van der Waals surface area contributed by atoms with Crippen LogP contribution in [0.1, 0.15) is 6.92 Å². The van der Waals surface area contributed by atoms with E-state index in [2.05, 4.69) is 22.1 Å². The number of anilines is 2. The summed E-state index contributed by atoms with van der Waals surface area (Å²) in [5.41, 5.74) is 0.371. The number of hydrogen-bond acceptors (Lipinski definition) is 8. The fourth-order valence-corrected chi connectivity index (χ4v) is 5.60. The lowest BCUT2D eigenvalue weighted by Gasteiger charge is -2.24. The number of amides is 1. The van der Waals surface area contributed by atoms with E-state index < -0.39 is 22.5 Å². The Morgan fingerprint density at radius 3 is 2.56 bits per heavy atom. The van der Waals surface area contributed by atoms with Gasteiger partial charge in [0, 0.05) is 5.75 Å². The highest BCUT2D eigenvalue weighted by atomic mass is 32.2. The highest BCUT2D eigenvalue weighted by Gasteiger charge is 2.27. The molecule has 0 unspecified atom stereocenters. The smallest absolute Gasteiger partial charge is 0.264 e. The Hall–Kier alpha value is -2.89. The Morgan fingerprint density at radius 2 is 1.91 bits per heavy atom. The second-order valence-corrected chi connectivity index (χ2v) is 10.4. The van der Waals surface area contributed by atoms with Crippen molar-refractivity contribution in [3.8, 4) is 5.75 Å². The number of ether oxygens (including phenoxy) is 1. The van der Waals surface area contributed by atoms with Crippen molar-refractivity contribution < 1.29 is 17.9 Å². The molecule has 0 atom stereocenters. The van der Waals surface area contributed by atoms with Crippen LogP contribution in [0.5, 0.6) is 5.75 Å². The number of rotatable bonds is 11. The zero-order valence-electron chi connectivity index (χ0n) is 17.3. The number of sulfonamides is 1. The van der Waals surface area contributed by atoms with Crippen molar-refractivity contribution in [1.82, 2.24) is 10.2 Å². The van der Waals surface area contributed by atoms with Crippen LogP contribution in [0.2, 0.25) is 0 Å². The monoisotopic (exact) mass is 490 g/mol. The van der Waals surface area contributed by atoms with Gasteiger partial charge in [-0.2, -0.15) is 0 Å². The van der Waals surface area contributed by atoms with E-state index in [0.29, 0.717) is 33.3 Å². The Kier molecular flexibility index (Phi) is 8.26. The maximum Gasteiger partial charge on any atom is 0.264 e. The van der Waals surface area contributed by atoms with Crippen LogP contribution in [-0.4, -0.2) is 43.4 Å². The quantitative estimate of drug-likeness (QED) is 0.246. The van der Waals surface area contributed by atoms with E-state index in [-0.39, 0.29) is 4.90 Å². The first-order valence-corrected chi connectivity index (χ1v) is 12.9. The highest BCUT2D eigenvalue weighted by Crippen LogP contribution is 2.27. The number of aromatic nitrogens is 2. The zero-order valence-corrected chi connectivity index (χ0v) is 19.8. The van der Waals surface area contributed by atoms with Crippen LogP contribution in [0.3, 0.4) is 0 Å². The van der Waals surface area contributed by atoms with Crippen molar-refractivity contribution in [2.45, 2.75) is 16.2 Å². The molecule has 1 aromatic heterocycles. The minimum Gasteiger partial charge on any atom is -0.494 e. The summed E-state index contributed by atoms with van der Waals surface area (Å²) in [5, 5.41) is 10.9. The van der Waals surface area contributed by atoms with Crippen molar-refractivity contribution >= 4 is 49.8 Å². The van der Waals surface area contributed by atoms with E-state index in [1.165, 1.54) is 35.2 Å². The molecule has 0 saturated heterocycles. The van der Waals surface area contributed by atoms with Gasteiger partial charge >= 0.3 is 0 Å². The highest BCUT2D eigenvalue weighted by molar-refractivity contribution is 8.01. The third kappa shape index (κ3) is 6.09. The first-order chi connectivity index (χ1) is 15.4. The Bertz CT molecular complexity index is 1150. The van der Waals surface area contributed by atoms with E-state index >= 15 is 0 Å².